The van der Waals surface area contributed by atoms with Gasteiger partial charge >= 0.3 is 5.97 Å². The van der Waals surface area contributed by atoms with Gasteiger partial charge in [-0.3, -0.25) is 0 Å². The second-order valence-electron chi connectivity index (χ2n) is 5.74. The number of piperidine rings is 1. The van der Waals surface area contributed by atoms with Crippen LogP contribution in [-0.4, -0.2) is 49.7 Å². The molecule has 1 aliphatic rings. The van der Waals surface area contributed by atoms with Gasteiger partial charge in [-0.25, -0.2) is 4.79 Å². The Morgan fingerprint density at radius 3 is 2.60 bits per heavy atom. The maximum atomic E-state index is 11.1. The minimum Gasteiger partial charge on any atom is -0.478 e. The molecular weight excluding hydrogens is 254 g/mol. The van der Waals surface area contributed by atoms with E-state index in [4.69, 9.17) is 10.8 Å². The molecule has 1 fully saturated rings. The molecule has 1 saturated heterocycles. The Bertz CT molecular complexity index is 480. The predicted molar refractivity (Wildman–Crippen MR) is 81.3 cm³/mol. The standard InChI is InChI=1S/C15H23N3O2/c1-17(2)10-11-6-8-18(9-7-11)13-5-3-4-12(14(13)16)15(19)20/h3-5,11H,6-10,16H2,1-2H3,(H,19,20). The molecule has 0 atom stereocenters. The van der Waals surface area contributed by atoms with Crippen molar-refractivity contribution < 1.29 is 9.90 Å². The van der Waals surface area contributed by atoms with Crippen LogP contribution in [0.15, 0.2) is 18.2 Å². The molecule has 1 aromatic carbocycles. The van der Waals surface area contributed by atoms with Gasteiger partial charge in [-0.1, -0.05) is 6.07 Å². The normalized spacial score (nSPS) is 16.6. The highest BCUT2D eigenvalue weighted by molar-refractivity contribution is 5.97. The summed E-state index contributed by atoms with van der Waals surface area (Å²) < 4.78 is 0. The molecule has 1 aliphatic heterocycles. The summed E-state index contributed by atoms with van der Waals surface area (Å²) >= 11 is 0. The fourth-order valence-electron chi connectivity index (χ4n) is 2.89. The summed E-state index contributed by atoms with van der Waals surface area (Å²) in [5, 5.41) is 9.13. The second-order valence-corrected chi connectivity index (χ2v) is 5.74. The Labute approximate surface area is 120 Å². The van der Waals surface area contributed by atoms with Gasteiger partial charge in [-0.15, -0.1) is 0 Å². The van der Waals surface area contributed by atoms with Gasteiger partial charge in [0.2, 0.25) is 0 Å². The minimum absolute atomic E-state index is 0.193. The highest BCUT2D eigenvalue weighted by atomic mass is 16.4. The zero-order valence-electron chi connectivity index (χ0n) is 12.2. The van der Waals surface area contributed by atoms with Crippen molar-refractivity contribution >= 4 is 17.3 Å². The molecule has 20 heavy (non-hydrogen) atoms. The number of para-hydroxylation sites is 1. The first-order valence-corrected chi connectivity index (χ1v) is 7.00. The first-order chi connectivity index (χ1) is 9.49. The van der Waals surface area contributed by atoms with Crippen molar-refractivity contribution in [3.63, 3.8) is 0 Å². The average Bonchev–Trinajstić information content (AvgIpc) is 2.39. The summed E-state index contributed by atoms with van der Waals surface area (Å²) in [5.74, 6) is -0.253. The molecule has 0 saturated carbocycles. The third kappa shape index (κ3) is 3.22. The number of hydrogen-bond acceptors (Lipinski definition) is 4. The molecule has 0 unspecified atom stereocenters. The van der Waals surface area contributed by atoms with Crippen LogP contribution >= 0.6 is 0 Å². The zero-order valence-corrected chi connectivity index (χ0v) is 12.2. The van der Waals surface area contributed by atoms with E-state index in [0.717, 1.165) is 38.2 Å². The number of nitrogen functional groups attached to an aromatic ring is 1. The van der Waals surface area contributed by atoms with Crippen LogP contribution in [0.3, 0.4) is 0 Å². The molecule has 3 N–H and O–H groups in total. The molecule has 0 aromatic heterocycles. The van der Waals surface area contributed by atoms with E-state index < -0.39 is 5.97 Å². The molecule has 2 rings (SSSR count). The van der Waals surface area contributed by atoms with Crippen molar-refractivity contribution in [1.29, 1.82) is 0 Å². The average molecular weight is 277 g/mol. The van der Waals surface area contributed by atoms with E-state index in [9.17, 15) is 4.79 Å². The number of carboxylic acid groups (broad SMARTS) is 1. The predicted octanol–water partition coefficient (Wildman–Crippen LogP) is 1.74. The van der Waals surface area contributed by atoms with Crippen molar-refractivity contribution in [1.82, 2.24) is 4.90 Å². The lowest BCUT2D eigenvalue weighted by Crippen LogP contribution is -2.37. The number of aromatic carboxylic acids is 1. The second kappa shape index (κ2) is 6.13. The van der Waals surface area contributed by atoms with Crippen molar-refractivity contribution in [2.45, 2.75) is 12.8 Å². The van der Waals surface area contributed by atoms with Crippen LogP contribution in [0.5, 0.6) is 0 Å². The lowest BCUT2D eigenvalue weighted by atomic mass is 9.95. The minimum atomic E-state index is -0.966. The van der Waals surface area contributed by atoms with Gasteiger partial charge in [0.15, 0.2) is 0 Å². The van der Waals surface area contributed by atoms with E-state index in [0.29, 0.717) is 11.6 Å². The fraction of sp³-hybridized carbons (Fsp3) is 0.533. The monoisotopic (exact) mass is 277 g/mol. The van der Waals surface area contributed by atoms with E-state index in [2.05, 4.69) is 23.9 Å². The third-order valence-electron chi connectivity index (χ3n) is 3.89. The topological polar surface area (TPSA) is 69.8 Å². The molecule has 110 valence electrons. The van der Waals surface area contributed by atoms with Gasteiger partial charge in [0.25, 0.3) is 0 Å². The van der Waals surface area contributed by atoms with E-state index in [1.165, 1.54) is 0 Å². The van der Waals surface area contributed by atoms with E-state index in [1.54, 1.807) is 12.1 Å². The molecule has 5 nitrogen and oxygen atoms in total. The van der Waals surface area contributed by atoms with Crippen LogP contribution in [-0.2, 0) is 0 Å². The molecule has 1 aromatic rings. The van der Waals surface area contributed by atoms with Gasteiger partial charge in [0.05, 0.1) is 16.9 Å². The summed E-state index contributed by atoms with van der Waals surface area (Å²) in [6, 6.07) is 5.23. The van der Waals surface area contributed by atoms with E-state index in [1.807, 2.05) is 6.07 Å². The number of anilines is 2. The van der Waals surface area contributed by atoms with Crippen molar-refractivity contribution in [3.05, 3.63) is 23.8 Å². The highest BCUT2D eigenvalue weighted by Crippen LogP contribution is 2.30. The molecule has 0 radical (unpaired) electrons. The SMILES string of the molecule is CN(C)CC1CCN(c2cccc(C(=O)O)c2N)CC1. The Hall–Kier alpha value is -1.75. The smallest absolute Gasteiger partial charge is 0.337 e. The van der Waals surface area contributed by atoms with Crippen LogP contribution in [0, 0.1) is 5.92 Å². The van der Waals surface area contributed by atoms with Crippen LogP contribution in [0.4, 0.5) is 11.4 Å². The molecule has 5 heteroatoms. The zero-order chi connectivity index (χ0) is 14.7. The highest BCUT2D eigenvalue weighted by Gasteiger charge is 2.22. The van der Waals surface area contributed by atoms with Crippen LogP contribution < -0.4 is 10.6 Å². The van der Waals surface area contributed by atoms with Gasteiger partial charge in [-0.05, 0) is 45.0 Å². The molecule has 0 amide bonds. The Kier molecular flexibility index (Phi) is 4.49. The molecular formula is C15H23N3O2. The number of carbonyl (C=O) groups is 1. The number of rotatable bonds is 4. The maximum absolute atomic E-state index is 11.1. The molecule has 1 heterocycles. The summed E-state index contributed by atoms with van der Waals surface area (Å²) in [4.78, 5) is 15.6. The molecule has 0 aliphatic carbocycles. The summed E-state index contributed by atoms with van der Waals surface area (Å²) in [6.07, 6.45) is 2.24. The lowest BCUT2D eigenvalue weighted by molar-refractivity contribution is 0.0698. The van der Waals surface area contributed by atoms with Gasteiger partial charge in [0.1, 0.15) is 0 Å². The van der Waals surface area contributed by atoms with Crippen molar-refractivity contribution in [3.8, 4) is 0 Å². The van der Waals surface area contributed by atoms with E-state index >= 15 is 0 Å². The largest absolute Gasteiger partial charge is 0.478 e. The van der Waals surface area contributed by atoms with Gasteiger partial charge in [-0.2, -0.15) is 0 Å². The van der Waals surface area contributed by atoms with E-state index in [-0.39, 0.29) is 5.56 Å². The molecule has 0 bridgehead atoms. The fourth-order valence-corrected chi connectivity index (χ4v) is 2.89. The number of nitrogens with two attached hydrogens (primary N) is 1. The number of nitrogens with zero attached hydrogens (tertiary/aromatic N) is 2. The van der Waals surface area contributed by atoms with Crippen LogP contribution in [0.1, 0.15) is 23.2 Å². The number of carboxylic acids is 1. The summed E-state index contributed by atoms with van der Waals surface area (Å²) in [6.45, 7) is 2.98. The van der Waals surface area contributed by atoms with Gasteiger partial charge in [0, 0.05) is 19.6 Å². The molecule has 0 spiro atoms. The Morgan fingerprint density at radius 2 is 2.05 bits per heavy atom. The first kappa shape index (κ1) is 14.7. The first-order valence-electron chi connectivity index (χ1n) is 7.00. The van der Waals surface area contributed by atoms with Crippen molar-refractivity contribution in [2.24, 2.45) is 5.92 Å². The number of hydrogen-bond donors (Lipinski definition) is 2. The lowest BCUT2D eigenvalue weighted by Gasteiger charge is -2.35. The van der Waals surface area contributed by atoms with Crippen LogP contribution in [0.2, 0.25) is 0 Å². The van der Waals surface area contributed by atoms with Crippen molar-refractivity contribution in [2.75, 3.05) is 44.4 Å². The Balaban J connectivity index is 2.07. The third-order valence-corrected chi connectivity index (χ3v) is 3.89. The maximum Gasteiger partial charge on any atom is 0.337 e. The summed E-state index contributed by atoms with van der Waals surface area (Å²) in [5.41, 5.74) is 7.43. The van der Waals surface area contributed by atoms with Crippen LogP contribution in [0.25, 0.3) is 0 Å². The van der Waals surface area contributed by atoms with Gasteiger partial charge < -0.3 is 20.6 Å². The number of benzene rings is 1. The summed E-state index contributed by atoms with van der Waals surface area (Å²) in [7, 11) is 4.20. The quantitative estimate of drug-likeness (QED) is 0.820. The Morgan fingerprint density at radius 1 is 1.40 bits per heavy atom.